The minimum atomic E-state index is -4.48. The van der Waals surface area contributed by atoms with E-state index in [2.05, 4.69) is 20.1 Å². The highest BCUT2D eigenvalue weighted by Crippen LogP contribution is 2.30. The van der Waals surface area contributed by atoms with Crippen LogP contribution in [0.25, 0.3) is 10.2 Å². The quantitative estimate of drug-likeness (QED) is 0.595. The lowest BCUT2D eigenvalue weighted by molar-refractivity contribution is -0.137. The van der Waals surface area contributed by atoms with Crippen molar-refractivity contribution in [3.8, 4) is 0 Å². The lowest BCUT2D eigenvalue weighted by atomic mass is 10.1. The van der Waals surface area contributed by atoms with Crippen LogP contribution in [0.3, 0.4) is 0 Å². The Morgan fingerprint density at radius 1 is 1.10 bits per heavy atom. The van der Waals surface area contributed by atoms with Crippen molar-refractivity contribution in [3.05, 3.63) is 59.4 Å². The number of rotatable bonds is 5. The molecule has 1 aromatic heterocycles. The lowest BCUT2D eigenvalue weighted by Gasteiger charge is -2.34. The van der Waals surface area contributed by atoms with E-state index in [0.29, 0.717) is 13.1 Å². The Morgan fingerprint density at radius 2 is 1.87 bits per heavy atom. The van der Waals surface area contributed by atoms with Gasteiger partial charge in [-0.15, -0.1) is 0 Å². The summed E-state index contributed by atoms with van der Waals surface area (Å²) in [6, 6.07) is 8.96. The molecule has 1 saturated heterocycles. The second-order valence-electron chi connectivity index (χ2n) is 7.27. The third kappa shape index (κ3) is 5.13. The van der Waals surface area contributed by atoms with Crippen LogP contribution >= 0.6 is 11.3 Å². The maximum Gasteiger partial charge on any atom is 0.416 e. The van der Waals surface area contributed by atoms with Gasteiger partial charge in [-0.3, -0.25) is 9.69 Å². The summed E-state index contributed by atoms with van der Waals surface area (Å²) in [7, 11) is 0. The summed E-state index contributed by atoms with van der Waals surface area (Å²) in [6.07, 6.45) is -4.48. The van der Waals surface area contributed by atoms with Gasteiger partial charge in [0, 0.05) is 44.8 Å². The number of carbonyl (C=O) groups excluding carboxylic acids is 1. The largest absolute Gasteiger partial charge is 0.416 e. The zero-order valence-corrected chi connectivity index (χ0v) is 17.3. The smallest absolute Gasteiger partial charge is 0.351 e. The lowest BCUT2D eigenvalue weighted by Crippen LogP contribution is -2.48. The van der Waals surface area contributed by atoms with Crippen LogP contribution in [0.4, 0.5) is 22.7 Å². The van der Waals surface area contributed by atoms with Gasteiger partial charge in [0.25, 0.3) is 5.91 Å². The molecule has 0 aliphatic carbocycles. The van der Waals surface area contributed by atoms with E-state index in [9.17, 15) is 22.4 Å². The average molecular weight is 452 g/mol. The Morgan fingerprint density at radius 3 is 2.61 bits per heavy atom. The molecule has 164 valence electrons. The van der Waals surface area contributed by atoms with Gasteiger partial charge in [0.1, 0.15) is 5.82 Å². The normalized spacial score (nSPS) is 15.4. The fourth-order valence-corrected chi connectivity index (χ4v) is 4.49. The highest BCUT2D eigenvalue weighted by molar-refractivity contribution is 7.22. The molecule has 2 heterocycles. The number of aromatic nitrogens is 1. The molecule has 5 nitrogen and oxygen atoms in total. The molecule has 1 aliphatic rings. The van der Waals surface area contributed by atoms with Crippen LogP contribution in [-0.4, -0.2) is 55.1 Å². The van der Waals surface area contributed by atoms with Crippen LogP contribution in [0.1, 0.15) is 15.9 Å². The number of halogens is 4. The van der Waals surface area contributed by atoms with Crippen LogP contribution in [0.15, 0.2) is 42.5 Å². The minimum Gasteiger partial charge on any atom is -0.351 e. The molecule has 1 amide bonds. The zero-order chi connectivity index (χ0) is 22.0. The number of anilines is 1. The van der Waals surface area contributed by atoms with Gasteiger partial charge in [0.15, 0.2) is 5.13 Å². The molecule has 10 heteroatoms. The Kier molecular flexibility index (Phi) is 6.10. The van der Waals surface area contributed by atoms with Crippen molar-refractivity contribution in [2.75, 3.05) is 44.2 Å². The molecule has 0 unspecified atom stereocenters. The van der Waals surface area contributed by atoms with Crippen molar-refractivity contribution in [1.82, 2.24) is 15.2 Å². The molecule has 1 aliphatic heterocycles. The molecular weight excluding hydrogens is 432 g/mol. The van der Waals surface area contributed by atoms with E-state index in [0.717, 1.165) is 53.7 Å². The van der Waals surface area contributed by atoms with Crippen LogP contribution in [-0.2, 0) is 6.18 Å². The Balaban J connectivity index is 1.25. The Bertz CT molecular complexity index is 1080. The van der Waals surface area contributed by atoms with Gasteiger partial charge < -0.3 is 10.2 Å². The fraction of sp³-hybridized carbons (Fsp3) is 0.333. The zero-order valence-electron chi connectivity index (χ0n) is 16.5. The van der Waals surface area contributed by atoms with E-state index in [4.69, 9.17) is 0 Å². The highest BCUT2D eigenvalue weighted by atomic mass is 32.1. The van der Waals surface area contributed by atoms with Gasteiger partial charge in [-0.25, -0.2) is 9.37 Å². The molecule has 1 fully saturated rings. The molecule has 2 aromatic carbocycles. The number of fused-ring (bicyclic) bond motifs is 1. The Labute approximate surface area is 180 Å². The van der Waals surface area contributed by atoms with E-state index < -0.39 is 17.6 Å². The number of thiazole rings is 1. The minimum absolute atomic E-state index is 0.00748. The first-order chi connectivity index (χ1) is 14.8. The first-order valence-electron chi connectivity index (χ1n) is 9.78. The Hall–Kier alpha value is -2.72. The third-order valence-corrected chi connectivity index (χ3v) is 6.23. The average Bonchev–Trinajstić information content (AvgIpc) is 3.17. The van der Waals surface area contributed by atoms with Crippen LogP contribution in [0.5, 0.6) is 0 Å². The summed E-state index contributed by atoms with van der Waals surface area (Å²) in [5.41, 5.74) is -0.0677. The molecular formula is C21H20F4N4OS. The van der Waals surface area contributed by atoms with Gasteiger partial charge in [0.2, 0.25) is 0 Å². The van der Waals surface area contributed by atoms with E-state index >= 15 is 0 Å². The first-order valence-corrected chi connectivity index (χ1v) is 10.6. The summed E-state index contributed by atoms with van der Waals surface area (Å²) < 4.78 is 52.6. The SMILES string of the molecule is O=C(NCCN1CCN(c2nc3ccc(F)cc3s2)CC1)c1cccc(C(F)(F)F)c1. The summed E-state index contributed by atoms with van der Waals surface area (Å²) in [4.78, 5) is 21.1. The number of hydrogen-bond acceptors (Lipinski definition) is 5. The third-order valence-electron chi connectivity index (χ3n) is 5.15. The number of amides is 1. The number of alkyl halides is 3. The van der Waals surface area contributed by atoms with Crippen LogP contribution < -0.4 is 10.2 Å². The number of carbonyl (C=O) groups is 1. The second kappa shape index (κ2) is 8.80. The fourth-order valence-electron chi connectivity index (χ4n) is 3.45. The topological polar surface area (TPSA) is 48.5 Å². The van der Waals surface area contributed by atoms with Crippen molar-refractivity contribution >= 4 is 32.6 Å². The van der Waals surface area contributed by atoms with Crippen molar-refractivity contribution in [1.29, 1.82) is 0 Å². The summed E-state index contributed by atoms with van der Waals surface area (Å²) in [5, 5.41) is 3.54. The predicted molar refractivity (Wildman–Crippen MR) is 112 cm³/mol. The van der Waals surface area contributed by atoms with E-state index in [1.807, 2.05) is 0 Å². The van der Waals surface area contributed by atoms with Crippen molar-refractivity contribution in [2.45, 2.75) is 6.18 Å². The summed E-state index contributed by atoms with van der Waals surface area (Å²) in [6.45, 7) is 3.99. The van der Waals surface area contributed by atoms with Gasteiger partial charge in [-0.05, 0) is 36.4 Å². The van der Waals surface area contributed by atoms with Crippen LogP contribution in [0, 0.1) is 5.82 Å². The summed E-state index contributed by atoms with van der Waals surface area (Å²) >= 11 is 1.46. The van der Waals surface area contributed by atoms with Crippen LogP contribution in [0.2, 0.25) is 0 Å². The van der Waals surface area contributed by atoms with E-state index in [-0.39, 0.29) is 11.4 Å². The molecule has 31 heavy (non-hydrogen) atoms. The van der Waals surface area contributed by atoms with E-state index in [1.54, 1.807) is 6.07 Å². The van der Waals surface area contributed by atoms with Crippen molar-refractivity contribution < 1.29 is 22.4 Å². The first kappa shape index (κ1) is 21.5. The molecule has 0 atom stereocenters. The number of hydrogen-bond donors (Lipinski definition) is 1. The van der Waals surface area contributed by atoms with Crippen molar-refractivity contribution in [3.63, 3.8) is 0 Å². The summed E-state index contributed by atoms with van der Waals surface area (Å²) in [5.74, 6) is -0.800. The second-order valence-corrected chi connectivity index (χ2v) is 8.28. The molecule has 0 radical (unpaired) electrons. The number of benzene rings is 2. The van der Waals surface area contributed by atoms with Gasteiger partial charge in [-0.2, -0.15) is 13.2 Å². The molecule has 1 N–H and O–H groups in total. The monoisotopic (exact) mass is 452 g/mol. The number of nitrogens with one attached hydrogen (secondary N) is 1. The van der Waals surface area contributed by atoms with Crippen molar-refractivity contribution in [2.24, 2.45) is 0 Å². The molecule has 4 rings (SSSR count). The molecule has 0 spiro atoms. The molecule has 0 bridgehead atoms. The van der Waals surface area contributed by atoms with Gasteiger partial charge in [0.05, 0.1) is 15.8 Å². The van der Waals surface area contributed by atoms with Gasteiger partial charge >= 0.3 is 6.18 Å². The molecule has 0 saturated carbocycles. The van der Waals surface area contributed by atoms with Gasteiger partial charge in [-0.1, -0.05) is 17.4 Å². The number of nitrogens with zero attached hydrogens (tertiary/aromatic N) is 3. The van der Waals surface area contributed by atoms with E-state index in [1.165, 1.54) is 35.6 Å². The number of piperazine rings is 1. The maximum atomic E-state index is 13.4. The standard InChI is InChI=1S/C21H20F4N4OS/c22-16-4-5-17-18(13-16)31-20(27-17)29-10-8-28(9-11-29)7-6-26-19(30)14-2-1-3-15(12-14)21(23,24)25/h1-5,12-13H,6-11H2,(H,26,30). The highest BCUT2D eigenvalue weighted by Gasteiger charge is 2.30. The predicted octanol–water partition coefficient (Wildman–Crippen LogP) is 4.01. The molecule has 3 aromatic rings. The maximum absolute atomic E-state index is 13.4.